The summed E-state index contributed by atoms with van der Waals surface area (Å²) in [5, 5.41) is 14.0. The van der Waals surface area contributed by atoms with Crippen molar-refractivity contribution >= 4 is 17.3 Å². The van der Waals surface area contributed by atoms with Crippen LogP contribution in [-0.4, -0.2) is 35.9 Å². The maximum absolute atomic E-state index is 12.8. The number of hydrogen-bond donors (Lipinski definition) is 1. The number of carbonyl (C=O) groups is 1. The van der Waals surface area contributed by atoms with Gasteiger partial charge in [-0.25, -0.2) is 0 Å². The van der Waals surface area contributed by atoms with Gasteiger partial charge in [-0.1, -0.05) is 31.0 Å². The molecule has 2 aromatic carbocycles. The van der Waals surface area contributed by atoms with E-state index in [2.05, 4.69) is 22.3 Å². The van der Waals surface area contributed by atoms with E-state index >= 15 is 0 Å². The van der Waals surface area contributed by atoms with E-state index < -0.39 is 4.92 Å². The Kier molecular flexibility index (Phi) is 6.82. The summed E-state index contributed by atoms with van der Waals surface area (Å²) >= 11 is 0. The number of ether oxygens (including phenoxy) is 1. The Morgan fingerprint density at radius 1 is 1.21 bits per heavy atom. The Morgan fingerprint density at radius 3 is 2.66 bits per heavy atom. The molecular weight excluding hydrogens is 370 g/mol. The fourth-order valence-corrected chi connectivity index (χ4v) is 3.89. The molecule has 154 valence electrons. The number of nitro benzene ring substituents is 1. The van der Waals surface area contributed by atoms with Crippen molar-refractivity contribution in [2.75, 3.05) is 25.5 Å². The average Bonchev–Trinajstić information content (AvgIpc) is 2.95. The van der Waals surface area contributed by atoms with Crippen molar-refractivity contribution < 1.29 is 14.5 Å². The smallest absolute Gasteiger partial charge is 0.274 e. The van der Waals surface area contributed by atoms with Gasteiger partial charge in [0.15, 0.2) is 0 Å². The predicted molar refractivity (Wildman–Crippen MR) is 112 cm³/mol. The third-order valence-electron chi connectivity index (χ3n) is 5.49. The number of hydrogen-bond acceptors (Lipinski definition) is 5. The largest absolute Gasteiger partial charge is 0.497 e. The summed E-state index contributed by atoms with van der Waals surface area (Å²) in [6, 6.07) is 12.9. The van der Waals surface area contributed by atoms with Crippen LogP contribution in [-0.2, 0) is 4.79 Å². The van der Waals surface area contributed by atoms with E-state index in [0.29, 0.717) is 11.3 Å². The van der Waals surface area contributed by atoms with Gasteiger partial charge >= 0.3 is 0 Å². The molecule has 0 unspecified atom stereocenters. The van der Waals surface area contributed by atoms with Crippen LogP contribution < -0.4 is 10.1 Å². The molecule has 0 saturated carbocycles. The number of amides is 1. The first kappa shape index (κ1) is 20.8. The first-order valence-corrected chi connectivity index (χ1v) is 9.91. The van der Waals surface area contributed by atoms with Crippen LogP contribution in [0.3, 0.4) is 0 Å². The van der Waals surface area contributed by atoms with Crippen molar-refractivity contribution in [1.29, 1.82) is 0 Å². The molecule has 0 radical (unpaired) electrons. The topological polar surface area (TPSA) is 84.7 Å². The van der Waals surface area contributed by atoms with Crippen molar-refractivity contribution in [2.45, 2.75) is 38.6 Å². The third kappa shape index (κ3) is 5.12. The number of carbonyl (C=O) groups excluding carboxylic acids is 1. The number of rotatable bonds is 6. The van der Waals surface area contributed by atoms with Crippen LogP contribution in [0.1, 0.15) is 42.9 Å². The Labute approximate surface area is 170 Å². The lowest BCUT2D eigenvalue weighted by Gasteiger charge is -2.30. The zero-order valence-electron chi connectivity index (χ0n) is 16.9. The molecule has 1 aliphatic heterocycles. The quantitative estimate of drug-likeness (QED) is 0.574. The van der Waals surface area contributed by atoms with E-state index in [1.165, 1.54) is 11.6 Å². The molecule has 0 bridgehead atoms. The summed E-state index contributed by atoms with van der Waals surface area (Å²) in [6.45, 7) is 2.75. The SMILES string of the molecule is COc1ccc([C@H]2CCCCCN2CC(=O)Nc2cccc([N+](=O)[O-])c2C)cc1. The Hall–Kier alpha value is -2.93. The summed E-state index contributed by atoms with van der Waals surface area (Å²) in [5.74, 6) is 0.654. The summed E-state index contributed by atoms with van der Waals surface area (Å²) in [5.41, 5.74) is 2.13. The molecule has 7 heteroatoms. The predicted octanol–water partition coefficient (Wildman–Crippen LogP) is 4.47. The first-order chi connectivity index (χ1) is 14.0. The summed E-state index contributed by atoms with van der Waals surface area (Å²) < 4.78 is 5.25. The number of nitro groups is 1. The lowest BCUT2D eigenvalue weighted by Crippen LogP contribution is -2.36. The van der Waals surface area contributed by atoms with E-state index in [1.807, 2.05) is 12.1 Å². The molecule has 3 rings (SSSR count). The van der Waals surface area contributed by atoms with Gasteiger partial charge in [0.1, 0.15) is 5.75 Å². The zero-order chi connectivity index (χ0) is 20.8. The summed E-state index contributed by atoms with van der Waals surface area (Å²) in [4.78, 5) is 25.7. The van der Waals surface area contributed by atoms with Crippen LogP contribution in [0, 0.1) is 17.0 Å². The van der Waals surface area contributed by atoms with Gasteiger partial charge in [0, 0.05) is 12.1 Å². The highest BCUT2D eigenvalue weighted by Crippen LogP contribution is 2.31. The molecule has 7 nitrogen and oxygen atoms in total. The van der Waals surface area contributed by atoms with Gasteiger partial charge in [-0.3, -0.25) is 19.8 Å². The van der Waals surface area contributed by atoms with Crippen LogP contribution in [0.25, 0.3) is 0 Å². The fourth-order valence-electron chi connectivity index (χ4n) is 3.89. The molecule has 0 aromatic heterocycles. The standard InChI is InChI=1S/C22H27N3O4/c1-16-19(7-6-9-20(16)25(27)28)23-22(26)15-24-14-5-3-4-8-21(24)17-10-12-18(29-2)13-11-17/h6-7,9-13,21H,3-5,8,14-15H2,1-2H3,(H,23,26)/t21-/m1/s1. The van der Waals surface area contributed by atoms with E-state index in [0.717, 1.165) is 38.0 Å². The van der Waals surface area contributed by atoms with E-state index in [-0.39, 0.29) is 24.2 Å². The highest BCUT2D eigenvalue weighted by atomic mass is 16.6. The number of nitrogens with zero attached hydrogens (tertiary/aromatic N) is 2. The van der Waals surface area contributed by atoms with Gasteiger partial charge in [-0.2, -0.15) is 0 Å². The second-order valence-electron chi connectivity index (χ2n) is 7.36. The molecule has 1 fully saturated rings. The second kappa shape index (κ2) is 9.52. The second-order valence-corrected chi connectivity index (χ2v) is 7.36. The normalized spacial score (nSPS) is 17.4. The molecule has 29 heavy (non-hydrogen) atoms. The minimum Gasteiger partial charge on any atom is -0.497 e. The lowest BCUT2D eigenvalue weighted by molar-refractivity contribution is -0.385. The van der Waals surface area contributed by atoms with Crippen molar-refractivity contribution in [3.8, 4) is 5.75 Å². The van der Waals surface area contributed by atoms with Gasteiger partial charge in [0.05, 0.1) is 29.8 Å². The summed E-state index contributed by atoms with van der Waals surface area (Å²) in [6.07, 6.45) is 4.32. The van der Waals surface area contributed by atoms with Crippen molar-refractivity contribution in [1.82, 2.24) is 4.90 Å². The Balaban J connectivity index is 1.74. The van der Waals surface area contributed by atoms with Crippen molar-refractivity contribution in [2.24, 2.45) is 0 Å². The van der Waals surface area contributed by atoms with Gasteiger partial charge < -0.3 is 10.1 Å². The van der Waals surface area contributed by atoms with Crippen LogP contribution in [0.15, 0.2) is 42.5 Å². The lowest BCUT2D eigenvalue weighted by atomic mass is 10.0. The van der Waals surface area contributed by atoms with Crippen LogP contribution in [0.4, 0.5) is 11.4 Å². The van der Waals surface area contributed by atoms with E-state index in [9.17, 15) is 14.9 Å². The molecule has 1 atom stereocenters. The van der Waals surface area contributed by atoms with Crippen LogP contribution in [0.5, 0.6) is 5.75 Å². The van der Waals surface area contributed by atoms with E-state index in [4.69, 9.17) is 4.74 Å². The van der Waals surface area contributed by atoms with Crippen molar-refractivity contribution in [3.05, 3.63) is 63.7 Å². The monoisotopic (exact) mass is 397 g/mol. The van der Waals surface area contributed by atoms with Crippen LogP contribution in [0.2, 0.25) is 0 Å². The Morgan fingerprint density at radius 2 is 1.97 bits per heavy atom. The fraction of sp³-hybridized carbons (Fsp3) is 0.409. The molecule has 0 spiro atoms. The molecule has 1 aliphatic rings. The number of benzene rings is 2. The molecular formula is C22H27N3O4. The Bertz CT molecular complexity index is 867. The molecule has 2 aromatic rings. The first-order valence-electron chi connectivity index (χ1n) is 9.91. The third-order valence-corrected chi connectivity index (χ3v) is 5.49. The molecule has 1 N–H and O–H groups in total. The highest BCUT2D eigenvalue weighted by Gasteiger charge is 2.25. The van der Waals surface area contributed by atoms with E-state index in [1.54, 1.807) is 26.2 Å². The summed E-state index contributed by atoms with van der Waals surface area (Å²) in [7, 11) is 1.65. The maximum atomic E-state index is 12.8. The minimum absolute atomic E-state index is 0.00804. The number of likely N-dealkylation sites (tertiary alicyclic amines) is 1. The van der Waals surface area contributed by atoms with Crippen molar-refractivity contribution in [3.63, 3.8) is 0 Å². The molecule has 1 heterocycles. The molecule has 0 aliphatic carbocycles. The van der Waals surface area contributed by atoms with Gasteiger partial charge in [-0.05, 0) is 50.1 Å². The van der Waals surface area contributed by atoms with Gasteiger partial charge in [0.2, 0.25) is 5.91 Å². The van der Waals surface area contributed by atoms with Gasteiger partial charge in [-0.15, -0.1) is 0 Å². The molecule has 1 saturated heterocycles. The number of anilines is 1. The maximum Gasteiger partial charge on any atom is 0.274 e. The molecule has 1 amide bonds. The average molecular weight is 397 g/mol. The number of methoxy groups -OCH3 is 1. The van der Waals surface area contributed by atoms with Crippen LogP contribution >= 0.6 is 0 Å². The number of nitrogens with one attached hydrogen (secondary N) is 1. The minimum atomic E-state index is -0.431. The van der Waals surface area contributed by atoms with Gasteiger partial charge in [0.25, 0.3) is 5.69 Å². The zero-order valence-corrected chi connectivity index (χ0v) is 16.9. The highest BCUT2D eigenvalue weighted by molar-refractivity contribution is 5.93.